The zero-order valence-corrected chi connectivity index (χ0v) is 18.8. The number of ether oxygens (including phenoxy) is 4. The van der Waals surface area contributed by atoms with Crippen LogP contribution in [0.25, 0.3) is 0 Å². The zero-order chi connectivity index (χ0) is 23.3. The molecule has 9 heteroatoms. The van der Waals surface area contributed by atoms with Crippen LogP contribution >= 0.6 is 0 Å². The fourth-order valence-electron chi connectivity index (χ4n) is 5.81. The number of aliphatic hydroxyl groups is 4. The first kappa shape index (κ1) is 22.8. The van der Waals surface area contributed by atoms with Gasteiger partial charge in [-0.3, -0.25) is 0 Å². The quantitative estimate of drug-likeness (QED) is 0.356. The predicted octanol–water partition coefficient (Wildman–Crippen LogP) is -1.57. The van der Waals surface area contributed by atoms with Crippen molar-refractivity contribution in [3.8, 4) is 11.5 Å². The molecule has 4 aliphatic rings. The highest BCUT2D eigenvalue weighted by atomic mass is 16.7. The molecule has 0 aromatic heterocycles. The van der Waals surface area contributed by atoms with Crippen LogP contribution in [-0.2, 0) is 21.4 Å². The number of aliphatic hydroxyl groups excluding tert-OH is 4. The first-order valence-corrected chi connectivity index (χ1v) is 11.4. The first-order valence-electron chi connectivity index (χ1n) is 11.4. The Hall–Kier alpha value is -1.98. The topological polar surface area (TPSA) is 122 Å². The summed E-state index contributed by atoms with van der Waals surface area (Å²) < 4.78 is 22.9. The largest absolute Gasteiger partial charge is 0.493 e. The van der Waals surface area contributed by atoms with Crippen LogP contribution in [0.4, 0.5) is 0 Å². The van der Waals surface area contributed by atoms with E-state index in [1.165, 1.54) is 16.0 Å². The summed E-state index contributed by atoms with van der Waals surface area (Å²) in [5.41, 5.74) is 3.38. The number of hydrogen-bond donors (Lipinski definition) is 5. The highest BCUT2D eigenvalue weighted by Gasteiger charge is 2.54. The maximum Gasteiger partial charge on any atom is 0.229 e. The summed E-state index contributed by atoms with van der Waals surface area (Å²) in [6.45, 7) is 1.40. The molecule has 0 radical (unpaired) electrons. The molecule has 1 aromatic rings. The van der Waals surface area contributed by atoms with Gasteiger partial charge in [0.2, 0.25) is 6.29 Å². The van der Waals surface area contributed by atoms with Gasteiger partial charge in [0.1, 0.15) is 24.4 Å². The molecule has 0 saturated carbocycles. The van der Waals surface area contributed by atoms with Crippen LogP contribution < -0.4 is 14.4 Å². The second kappa shape index (κ2) is 8.66. The van der Waals surface area contributed by atoms with E-state index in [-0.39, 0.29) is 11.6 Å². The molecule has 1 fully saturated rings. The van der Waals surface area contributed by atoms with Crippen LogP contribution in [0.15, 0.2) is 35.9 Å². The Kier molecular flexibility index (Phi) is 5.98. The third-order valence-electron chi connectivity index (χ3n) is 7.60. The van der Waals surface area contributed by atoms with Crippen LogP contribution in [0.3, 0.4) is 0 Å². The second-order valence-corrected chi connectivity index (χ2v) is 9.19. The van der Waals surface area contributed by atoms with Crippen molar-refractivity contribution in [3.63, 3.8) is 0 Å². The molecule has 8 atom stereocenters. The Morgan fingerprint density at radius 3 is 2.67 bits per heavy atom. The van der Waals surface area contributed by atoms with E-state index in [4.69, 9.17) is 18.9 Å². The monoisotopic (exact) mass is 462 g/mol. The highest BCUT2D eigenvalue weighted by molar-refractivity contribution is 5.55. The molecule has 3 heterocycles. The van der Waals surface area contributed by atoms with E-state index in [2.05, 4.69) is 18.2 Å². The maximum absolute atomic E-state index is 10.4. The lowest BCUT2D eigenvalue weighted by Gasteiger charge is -2.45. The smallest absolute Gasteiger partial charge is 0.229 e. The molecule has 1 aromatic carbocycles. The van der Waals surface area contributed by atoms with Gasteiger partial charge in [-0.2, -0.15) is 0 Å². The van der Waals surface area contributed by atoms with Crippen molar-refractivity contribution in [3.05, 3.63) is 47.1 Å². The zero-order valence-electron chi connectivity index (χ0n) is 18.8. The Balaban J connectivity index is 1.51. The van der Waals surface area contributed by atoms with E-state index in [9.17, 15) is 20.4 Å². The molecule has 0 amide bonds. The molecule has 0 bridgehead atoms. The molecular formula is C24H32NO8+. The Bertz CT molecular complexity index is 962. The minimum Gasteiger partial charge on any atom is -0.493 e. The van der Waals surface area contributed by atoms with Gasteiger partial charge in [0.05, 0.1) is 32.9 Å². The van der Waals surface area contributed by atoms with Crippen LogP contribution in [0.5, 0.6) is 11.5 Å². The van der Waals surface area contributed by atoms with Crippen LogP contribution in [0, 0.1) is 0 Å². The van der Waals surface area contributed by atoms with Crippen LogP contribution in [0.2, 0.25) is 0 Å². The number of hydrogen-bond acceptors (Lipinski definition) is 8. The fraction of sp³-hybridized carbons (Fsp3) is 0.583. The average Bonchev–Trinajstić information content (AvgIpc) is 3.22. The number of methoxy groups -OCH3 is 2. The minimum absolute atomic E-state index is 0.0252. The Labute approximate surface area is 192 Å². The lowest BCUT2D eigenvalue weighted by Crippen LogP contribution is -3.18. The van der Waals surface area contributed by atoms with Gasteiger partial charge in [0, 0.05) is 31.1 Å². The summed E-state index contributed by atoms with van der Waals surface area (Å²) >= 11 is 0. The minimum atomic E-state index is -1.51. The summed E-state index contributed by atoms with van der Waals surface area (Å²) in [4.78, 5) is 1.49. The lowest BCUT2D eigenvalue weighted by atomic mass is 9.71. The van der Waals surface area contributed by atoms with Crippen molar-refractivity contribution in [1.82, 2.24) is 0 Å². The number of quaternary nitrogens is 1. The Morgan fingerprint density at radius 2 is 1.94 bits per heavy atom. The lowest BCUT2D eigenvalue weighted by molar-refractivity contribution is -0.946. The van der Waals surface area contributed by atoms with E-state index in [0.29, 0.717) is 11.5 Å². The highest BCUT2D eigenvalue weighted by Crippen LogP contribution is 2.45. The molecule has 3 aliphatic heterocycles. The maximum atomic E-state index is 10.4. The van der Waals surface area contributed by atoms with Crippen molar-refractivity contribution in [2.45, 2.75) is 55.2 Å². The number of rotatable bonds is 5. The van der Waals surface area contributed by atoms with Crippen molar-refractivity contribution < 1.29 is 44.3 Å². The van der Waals surface area contributed by atoms with Gasteiger partial charge in [-0.15, -0.1) is 0 Å². The molecule has 1 unspecified atom stereocenters. The van der Waals surface area contributed by atoms with Crippen molar-refractivity contribution >= 4 is 0 Å². The number of fused-ring (bicyclic) bond motifs is 1. The van der Waals surface area contributed by atoms with Gasteiger partial charge in [0.25, 0.3) is 0 Å². The molecule has 5 rings (SSSR count). The molecule has 1 saturated heterocycles. The van der Waals surface area contributed by atoms with Crippen molar-refractivity contribution in [1.29, 1.82) is 0 Å². The van der Waals surface area contributed by atoms with Crippen molar-refractivity contribution in [2.75, 3.05) is 33.9 Å². The van der Waals surface area contributed by atoms with Gasteiger partial charge < -0.3 is 44.3 Å². The number of nitrogens with one attached hydrogen (secondary N) is 1. The molecule has 5 N–H and O–H groups in total. The van der Waals surface area contributed by atoms with Gasteiger partial charge in [-0.25, -0.2) is 0 Å². The van der Waals surface area contributed by atoms with Gasteiger partial charge in [-0.1, -0.05) is 12.2 Å². The van der Waals surface area contributed by atoms with E-state index < -0.39 is 37.3 Å². The summed E-state index contributed by atoms with van der Waals surface area (Å²) in [6, 6.07) is 3.91. The van der Waals surface area contributed by atoms with Gasteiger partial charge in [0.15, 0.2) is 17.0 Å². The van der Waals surface area contributed by atoms with Gasteiger partial charge in [-0.05, 0) is 23.8 Å². The molecule has 9 nitrogen and oxygen atoms in total. The fourth-order valence-corrected chi connectivity index (χ4v) is 5.81. The molecule has 180 valence electrons. The molecule has 1 aliphatic carbocycles. The summed E-state index contributed by atoms with van der Waals surface area (Å²) in [5.74, 6) is 0.856. The normalized spacial score (nSPS) is 39.3. The predicted molar refractivity (Wildman–Crippen MR) is 116 cm³/mol. The summed E-state index contributed by atoms with van der Waals surface area (Å²) in [5, 5.41) is 40.0. The third-order valence-corrected chi connectivity index (χ3v) is 7.60. The summed E-state index contributed by atoms with van der Waals surface area (Å²) in [6.07, 6.45) is 1.55. The van der Waals surface area contributed by atoms with Crippen LogP contribution in [-0.4, -0.2) is 91.2 Å². The molecule has 1 spiro atoms. The van der Waals surface area contributed by atoms with E-state index >= 15 is 0 Å². The summed E-state index contributed by atoms with van der Waals surface area (Å²) in [7, 11) is 3.29. The van der Waals surface area contributed by atoms with Crippen molar-refractivity contribution in [2.24, 2.45) is 0 Å². The van der Waals surface area contributed by atoms with E-state index in [0.717, 1.165) is 31.5 Å². The SMILES string of the molecule is COc1cc2c(cc1O[C@H]1O[C@@H](CO)[C@H](O)[C@@H](O)[C@@H]1O)CC[NH+]1CC=C3C=C[C@H](OC)C[C@@]321. The second-order valence-electron chi connectivity index (χ2n) is 9.19. The van der Waals surface area contributed by atoms with Crippen LogP contribution in [0.1, 0.15) is 17.5 Å². The average molecular weight is 463 g/mol. The third kappa shape index (κ3) is 3.50. The molecule has 33 heavy (non-hydrogen) atoms. The first-order chi connectivity index (χ1) is 15.9. The van der Waals surface area contributed by atoms with E-state index in [1.54, 1.807) is 14.2 Å². The van der Waals surface area contributed by atoms with E-state index in [1.807, 2.05) is 12.1 Å². The van der Waals surface area contributed by atoms with Gasteiger partial charge >= 0.3 is 0 Å². The number of benzene rings is 1. The molecular weight excluding hydrogens is 430 g/mol. The Morgan fingerprint density at radius 1 is 1.12 bits per heavy atom. The standard InChI is InChI=1S/C24H31NO8/c1-30-15-4-3-14-6-8-25-7-5-13-9-18(17(31-2)10-16(13)24(14,25)11-15)32-23-22(29)21(28)20(27)19(12-26)33-23/h3-4,6,9-10,15,19-23,26-29H,5,7-8,11-12H2,1-2H3/p+1/t15-,19-,20-,21+,22-,23-,24+/m0/s1.